The summed E-state index contributed by atoms with van der Waals surface area (Å²) in [6, 6.07) is 3.40. The van der Waals surface area contributed by atoms with Gasteiger partial charge in [-0.1, -0.05) is 13.3 Å². The molecule has 138 valence electrons. The molecule has 25 heavy (non-hydrogen) atoms. The van der Waals surface area contributed by atoms with Gasteiger partial charge in [-0.15, -0.1) is 13.2 Å². The Balaban J connectivity index is 2.86. The number of aromatic nitrogens is 1. The van der Waals surface area contributed by atoms with Crippen molar-refractivity contribution < 1.29 is 30.2 Å². The van der Waals surface area contributed by atoms with Gasteiger partial charge in [0, 0.05) is 17.3 Å². The first-order chi connectivity index (χ1) is 11.6. The highest BCUT2D eigenvalue weighted by Gasteiger charge is 2.33. The van der Waals surface area contributed by atoms with Crippen molar-refractivity contribution in [2.45, 2.75) is 31.0 Å². The van der Waals surface area contributed by atoms with E-state index in [1.807, 2.05) is 0 Å². The zero-order valence-electron chi connectivity index (χ0n) is 13.0. The lowest BCUT2D eigenvalue weighted by Gasteiger charge is -2.18. The van der Waals surface area contributed by atoms with Crippen LogP contribution in [0.4, 0.5) is 13.2 Å². The van der Waals surface area contributed by atoms with Gasteiger partial charge >= 0.3 is 6.36 Å². The lowest BCUT2D eigenvalue weighted by Crippen LogP contribution is -2.19. The number of halogens is 3. The third kappa shape index (κ3) is 5.00. The molecule has 1 aromatic carbocycles. The summed E-state index contributed by atoms with van der Waals surface area (Å²) in [6.45, 7) is 1.76. The fraction of sp³-hybridized carbons (Fsp3) is 0.286. The highest BCUT2D eigenvalue weighted by molar-refractivity contribution is 7.89. The van der Waals surface area contributed by atoms with E-state index in [0.717, 1.165) is 24.0 Å². The molecule has 11 heteroatoms. The van der Waals surface area contributed by atoms with Gasteiger partial charge in [0.2, 0.25) is 10.0 Å². The van der Waals surface area contributed by atoms with Gasteiger partial charge in [-0.3, -0.25) is 4.37 Å². The molecule has 0 unspecified atom stereocenters. The Bertz CT molecular complexity index is 861. The van der Waals surface area contributed by atoms with Crippen LogP contribution in [0, 0.1) is 0 Å². The Hall–Kier alpha value is -1.98. The van der Waals surface area contributed by atoms with E-state index >= 15 is 0 Å². The van der Waals surface area contributed by atoms with E-state index in [1.54, 1.807) is 6.92 Å². The molecule has 1 heterocycles. The summed E-state index contributed by atoms with van der Waals surface area (Å²) in [4.78, 5) is -0.252. The monoisotopic (exact) mass is 396 g/mol. The molecular formula is C14H15F3N2O4S2. The normalized spacial score (nSPS) is 12.0. The minimum absolute atomic E-state index is 0.0359. The van der Waals surface area contributed by atoms with Crippen LogP contribution in [0.15, 0.2) is 39.4 Å². The van der Waals surface area contributed by atoms with Crippen LogP contribution in [0.3, 0.4) is 0 Å². The van der Waals surface area contributed by atoms with Crippen LogP contribution in [-0.2, 0) is 16.4 Å². The standard InChI is InChI=1S/C14H15F3N2O4S2/c1-2-3-10-12(25(18,20)21)5-4-11(23-14(15,16)17)13(10)9-6-7-19-24-22-8-9/h4-8,19H,2-3H2,1H3,(H2,18,20,21). The van der Waals surface area contributed by atoms with Crippen molar-refractivity contribution in [2.75, 3.05) is 0 Å². The van der Waals surface area contributed by atoms with E-state index in [1.165, 1.54) is 18.5 Å². The third-order valence-corrected chi connectivity index (χ3v) is 4.58. The largest absolute Gasteiger partial charge is 0.573 e. The van der Waals surface area contributed by atoms with Gasteiger partial charge in [-0.2, -0.15) is 0 Å². The fourth-order valence-corrected chi connectivity index (χ4v) is 3.47. The Morgan fingerprint density at radius 3 is 2.64 bits per heavy atom. The van der Waals surface area contributed by atoms with Gasteiger partial charge in [-0.25, -0.2) is 13.6 Å². The number of nitrogens with one attached hydrogen (secondary N) is 1. The predicted molar refractivity (Wildman–Crippen MR) is 86.1 cm³/mol. The van der Waals surface area contributed by atoms with Gasteiger partial charge < -0.3 is 8.59 Å². The van der Waals surface area contributed by atoms with E-state index in [4.69, 9.17) is 8.99 Å². The summed E-state index contributed by atoms with van der Waals surface area (Å²) in [5, 5.41) is 5.22. The Labute approximate surface area is 146 Å². The fourth-order valence-electron chi connectivity index (χ4n) is 2.33. The Morgan fingerprint density at radius 1 is 1.32 bits per heavy atom. The first-order valence-corrected chi connectivity index (χ1v) is 9.31. The van der Waals surface area contributed by atoms with Crippen LogP contribution in [0.5, 0.6) is 5.75 Å². The van der Waals surface area contributed by atoms with Crippen LogP contribution in [0.25, 0.3) is 11.1 Å². The average molecular weight is 396 g/mol. The van der Waals surface area contributed by atoms with Gasteiger partial charge in [-0.05, 0) is 30.2 Å². The van der Waals surface area contributed by atoms with Crippen LogP contribution in [0.2, 0.25) is 0 Å². The number of primary sulfonamides is 1. The number of ether oxygens (including phenoxy) is 1. The number of alkyl halides is 3. The molecule has 0 saturated carbocycles. The number of hydrogen-bond acceptors (Lipinski definition) is 5. The van der Waals surface area contributed by atoms with Gasteiger partial charge in [0.05, 0.1) is 4.90 Å². The van der Waals surface area contributed by atoms with E-state index in [-0.39, 0.29) is 28.0 Å². The van der Waals surface area contributed by atoms with Crippen LogP contribution < -0.4 is 9.88 Å². The maximum Gasteiger partial charge on any atom is 0.573 e. The molecule has 0 aliphatic heterocycles. The summed E-state index contributed by atoms with van der Waals surface area (Å²) < 4.78 is 73.9. The van der Waals surface area contributed by atoms with Crippen molar-refractivity contribution in [1.29, 1.82) is 0 Å². The summed E-state index contributed by atoms with van der Waals surface area (Å²) in [6.07, 6.45) is -1.63. The molecule has 0 atom stereocenters. The van der Waals surface area contributed by atoms with Crippen molar-refractivity contribution >= 4 is 21.9 Å². The number of nitrogens with two attached hydrogens (primary N) is 1. The van der Waals surface area contributed by atoms with Crippen LogP contribution >= 0.6 is 11.8 Å². The second kappa shape index (κ2) is 7.50. The molecule has 2 rings (SSSR count). The SMILES string of the molecule is CCCc1c(S(N)(=O)=O)ccc(OC(F)(F)F)c1-c1cc[nH]soc1. The Morgan fingerprint density at radius 2 is 2.04 bits per heavy atom. The number of sulfonamides is 1. The number of benzene rings is 1. The average Bonchev–Trinajstić information content (AvgIpc) is 2.74. The molecule has 0 aliphatic rings. The maximum absolute atomic E-state index is 12.8. The minimum atomic E-state index is -4.94. The minimum Gasteiger partial charge on any atom is -0.405 e. The summed E-state index contributed by atoms with van der Waals surface area (Å²) in [7, 11) is -4.14. The molecule has 0 radical (unpaired) electrons. The third-order valence-electron chi connectivity index (χ3n) is 3.15. The lowest BCUT2D eigenvalue weighted by atomic mass is 9.97. The van der Waals surface area contributed by atoms with E-state index in [0.29, 0.717) is 6.42 Å². The van der Waals surface area contributed by atoms with Crippen LogP contribution in [0.1, 0.15) is 18.9 Å². The summed E-state index contributed by atoms with van der Waals surface area (Å²) >= 11 is 0.843. The zero-order valence-corrected chi connectivity index (χ0v) is 14.6. The quantitative estimate of drug-likeness (QED) is 0.799. The molecule has 0 amide bonds. The summed E-state index contributed by atoms with van der Waals surface area (Å²) in [5.74, 6) is -0.533. The van der Waals surface area contributed by atoms with Crippen LogP contribution in [-0.4, -0.2) is 19.2 Å². The molecule has 6 nitrogen and oxygen atoms in total. The first kappa shape index (κ1) is 19.3. The van der Waals surface area contributed by atoms with E-state index in [2.05, 4.69) is 9.11 Å². The predicted octanol–water partition coefficient (Wildman–Crippen LogP) is 3.96. The second-order valence-electron chi connectivity index (χ2n) is 4.96. The van der Waals surface area contributed by atoms with E-state index < -0.39 is 22.1 Å². The van der Waals surface area contributed by atoms with Crippen molar-refractivity contribution in [1.82, 2.24) is 4.37 Å². The Kier molecular flexibility index (Phi) is 5.80. The molecule has 0 fully saturated rings. The van der Waals surface area contributed by atoms with Crippen molar-refractivity contribution in [3.63, 3.8) is 0 Å². The lowest BCUT2D eigenvalue weighted by molar-refractivity contribution is -0.274. The molecule has 1 aromatic heterocycles. The van der Waals surface area contributed by atoms with Gasteiger partial charge in [0.15, 0.2) is 0 Å². The molecular weight excluding hydrogens is 381 g/mol. The number of H-pyrrole nitrogens is 1. The van der Waals surface area contributed by atoms with Gasteiger partial charge in [0.1, 0.15) is 23.8 Å². The maximum atomic E-state index is 12.8. The van der Waals surface area contributed by atoms with Crippen molar-refractivity contribution in [3.8, 4) is 16.9 Å². The molecule has 0 saturated heterocycles. The topological polar surface area (TPSA) is 98.3 Å². The van der Waals surface area contributed by atoms with E-state index in [9.17, 15) is 21.6 Å². The van der Waals surface area contributed by atoms with Crippen molar-refractivity contribution in [3.05, 3.63) is 36.2 Å². The number of aromatic amines is 1. The summed E-state index contributed by atoms with van der Waals surface area (Å²) in [5.41, 5.74) is 0.315. The second-order valence-corrected chi connectivity index (χ2v) is 7.09. The number of rotatable bonds is 5. The molecule has 3 N–H and O–H groups in total. The highest BCUT2D eigenvalue weighted by atomic mass is 32.2. The smallest absolute Gasteiger partial charge is 0.405 e. The van der Waals surface area contributed by atoms with Gasteiger partial charge in [0.25, 0.3) is 0 Å². The highest BCUT2D eigenvalue weighted by Crippen LogP contribution is 2.39. The molecule has 2 aromatic rings. The first-order valence-electron chi connectivity index (χ1n) is 7.03. The zero-order chi connectivity index (χ0) is 18.7. The molecule has 0 aliphatic carbocycles. The number of hydrogen-bond donors (Lipinski definition) is 2. The molecule has 0 spiro atoms. The van der Waals surface area contributed by atoms with Crippen molar-refractivity contribution in [2.24, 2.45) is 5.14 Å². The molecule has 0 bridgehead atoms.